The number of carboxylic acids is 1. The lowest BCUT2D eigenvalue weighted by Gasteiger charge is -2.35. The van der Waals surface area contributed by atoms with Gasteiger partial charge in [0, 0.05) is 6.04 Å². The molecule has 0 heterocycles. The summed E-state index contributed by atoms with van der Waals surface area (Å²) in [7, 11) is 0. The van der Waals surface area contributed by atoms with Crippen molar-refractivity contribution < 1.29 is 29.6 Å². The second-order valence-electron chi connectivity index (χ2n) is 5.80. The first-order chi connectivity index (χ1) is 8.60. The summed E-state index contributed by atoms with van der Waals surface area (Å²) in [6.07, 6.45) is -2.98. The van der Waals surface area contributed by atoms with E-state index in [1.165, 1.54) is 0 Å². The van der Waals surface area contributed by atoms with Gasteiger partial charge in [-0.15, -0.1) is 0 Å². The van der Waals surface area contributed by atoms with Gasteiger partial charge in [-0.2, -0.15) is 0 Å². The molecule has 1 saturated carbocycles. The lowest BCUT2D eigenvalue weighted by atomic mass is 9.81. The normalized spacial score (nSPS) is 31.6. The first kappa shape index (κ1) is 15.7. The molecular weight excluding hydrogens is 254 g/mol. The van der Waals surface area contributed by atoms with E-state index in [2.05, 4.69) is 5.32 Å². The van der Waals surface area contributed by atoms with Gasteiger partial charge in [0.2, 0.25) is 0 Å². The molecule has 0 saturated heterocycles. The third-order valence-corrected chi connectivity index (χ3v) is 2.94. The molecule has 1 aliphatic rings. The fourth-order valence-electron chi connectivity index (χ4n) is 2.05. The maximum atomic E-state index is 11.6. The molecule has 4 atom stereocenters. The molecule has 0 aromatic heterocycles. The summed E-state index contributed by atoms with van der Waals surface area (Å²) in [5.74, 6) is -2.06. The van der Waals surface area contributed by atoms with E-state index in [0.29, 0.717) is 0 Å². The Bertz CT molecular complexity index is 351. The van der Waals surface area contributed by atoms with Gasteiger partial charge in [-0.05, 0) is 33.6 Å². The van der Waals surface area contributed by atoms with Crippen LogP contribution in [-0.4, -0.2) is 51.2 Å². The molecule has 4 N–H and O–H groups in total. The smallest absolute Gasteiger partial charge is 0.407 e. The van der Waals surface area contributed by atoms with Crippen LogP contribution in [0.1, 0.15) is 33.6 Å². The summed E-state index contributed by atoms with van der Waals surface area (Å²) < 4.78 is 5.04. The summed E-state index contributed by atoms with van der Waals surface area (Å²) in [6.45, 7) is 5.09. The van der Waals surface area contributed by atoms with Crippen LogP contribution in [0, 0.1) is 5.92 Å². The molecule has 7 nitrogen and oxygen atoms in total. The number of hydrogen-bond donors (Lipinski definition) is 4. The van der Waals surface area contributed by atoms with Crippen LogP contribution in [0.15, 0.2) is 0 Å². The number of aliphatic hydroxyl groups excluding tert-OH is 2. The minimum Gasteiger partial charge on any atom is -0.481 e. The maximum absolute atomic E-state index is 11.6. The summed E-state index contributed by atoms with van der Waals surface area (Å²) in [4.78, 5) is 22.7. The largest absolute Gasteiger partial charge is 0.481 e. The first-order valence-electron chi connectivity index (χ1n) is 6.18. The van der Waals surface area contributed by atoms with E-state index < -0.39 is 41.8 Å². The van der Waals surface area contributed by atoms with Gasteiger partial charge < -0.3 is 25.4 Å². The minimum atomic E-state index is -1.12. The zero-order valence-corrected chi connectivity index (χ0v) is 11.3. The van der Waals surface area contributed by atoms with E-state index in [9.17, 15) is 19.8 Å². The standard InChI is InChI=1S/C12H21NO6/c1-12(2,3)19-11(18)13-7-5-9(15)8(14)4-6(7)10(16)17/h6-9,14-15H,4-5H2,1-3H3,(H,13,18)(H,16,17)/t6-,7-,8+,9-/m0/s1. The zero-order valence-electron chi connectivity index (χ0n) is 11.3. The lowest BCUT2D eigenvalue weighted by Crippen LogP contribution is -2.53. The fraction of sp³-hybridized carbons (Fsp3) is 0.833. The quantitative estimate of drug-likeness (QED) is 0.568. The third-order valence-electron chi connectivity index (χ3n) is 2.94. The second kappa shape index (κ2) is 5.75. The van der Waals surface area contributed by atoms with Crippen molar-refractivity contribution in [1.82, 2.24) is 5.32 Å². The molecule has 19 heavy (non-hydrogen) atoms. The number of carbonyl (C=O) groups is 2. The van der Waals surface area contributed by atoms with Gasteiger partial charge in [0.15, 0.2) is 0 Å². The minimum absolute atomic E-state index is 0.0165. The Labute approximate surface area is 111 Å². The molecule has 7 heteroatoms. The van der Waals surface area contributed by atoms with Gasteiger partial charge in [-0.3, -0.25) is 4.79 Å². The van der Waals surface area contributed by atoms with Crippen molar-refractivity contribution in [3.63, 3.8) is 0 Å². The Morgan fingerprint density at radius 1 is 1.16 bits per heavy atom. The number of carbonyl (C=O) groups excluding carboxylic acids is 1. The van der Waals surface area contributed by atoms with Crippen LogP contribution in [0.25, 0.3) is 0 Å². The van der Waals surface area contributed by atoms with Crippen molar-refractivity contribution in [1.29, 1.82) is 0 Å². The van der Waals surface area contributed by atoms with Crippen LogP contribution < -0.4 is 5.32 Å². The number of aliphatic carboxylic acids is 1. The van der Waals surface area contributed by atoms with E-state index in [0.717, 1.165) is 0 Å². The third kappa shape index (κ3) is 4.68. The summed E-state index contributed by atoms with van der Waals surface area (Å²) >= 11 is 0. The number of nitrogens with one attached hydrogen (secondary N) is 1. The number of carboxylic acid groups (broad SMARTS) is 1. The molecule has 0 radical (unpaired) electrons. The number of rotatable bonds is 2. The Kier molecular flexibility index (Phi) is 4.75. The van der Waals surface area contributed by atoms with Crippen molar-refractivity contribution in [2.45, 2.75) is 57.5 Å². The number of amides is 1. The SMILES string of the molecule is CC(C)(C)OC(=O)N[C@H]1C[C@H](O)[C@H](O)C[C@@H]1C(=O)O. The number of aliphatic hydroxyl groups is 2. The molecule has 0 aromatic rings. The molecule has 1 amide bonds. The van der Waals surface area contributed by atoms with Gasteiger partial charge in [0.25, 0.3) is 0 Å². The number of hydrogen-bond acceptors (Lipinski definition) is 5. The second-order valence-corrected chi connectivity index (χ2v) is 5.80. The van der Waals surface area contributed by atoms with Crippen LogP contribution in [0.3, 0.4) is 0 Å². The van der Waals surface area contributed by atoms with Gasteiger partial charge in [-0.25, -0.2) is 4.79 Å². The van der Waals surface area contributed by atoms with E-state index in [1.54, 1.807) is 20.8 Å². The van der Waals surface area contributed by atoms with E-state index in [1.807, 2.05) is 0 Å². The highest BCUT2D eigenvalue weighted by molar-refractivity contribution is 5.74. The molecule has 1 fully saturated rings. The Morgan fingerprint density at radius 2 is 1.68 bits per heavy atom. The first-order valence-corrected chi connectivity index (χ1v) is 6.18. The highest BCUT2D eigenvalue weighted by Gasteiger charge is 2.40. The topological polar surface area (TPSA) is 116 Å². The molecular formula is C12H21NO6. The predicted octanol–water partition coefficient (Wildman–Crippen LogP) is 0.0961. The van der Waals surface area contributed by atoms with Crippen molar-refractivity contribution in [3.8, 4) is 0 Å². The molecule has 0 spiro atoms. The number of ether oxygens (including phenoxy) is 1. The van der Waals surface area contributed by atoms with Gasteiger partial charge in [0.1, 0.15) is 5.60 Å². The highest BCUT2D eigenvalue weighted by atomic mass is 16.6. The van der Waals surface area contributed by atoms with Crippen LogP contribution in [-0.2, 0) is 9.53 Å². The average Bonchev–Trinajstić information content (AvgIpc) is 2.19. The van der Waals surface area contributed by atoms with Gasteiger partial charge in [-0.1, -0.05) is 0 Å². The van der Waals surface area contributed by atoms with Crippen molar-refractivity contribution in [2.75, 3.05) is 0 Å². The zero-order chi connectivity index (χ0) is 14.8. The highest BCUT2D eigenvalue weighted by Crippen LogP contribution is 2.26. The van der Waals surface area contributed by atoms with Gasteiger partial charge in [0.05, 0.1) is 18.1 Å². The molecule has 0 unspecified atom stereocenters. The maximum Gasteiger partial charge on any atom is 0.407 e. The molecule has 1 aliphatic carbocycles. The van der Waals surface area contributed by atoms with Crippen molar-refractivity contribution >= 4 is 12.1 Å². The predicted molar refractivity (Wildman–Crippen MR) is 65.5 cm³/mol. The van der Waals surface area contributed by atoms with Gasteiger partial charge >= 0.3 is 12.1 Å². The molecule has 0 aliphatic heterocycles. The summed E-state index contributed by atoms with van der Waals surface area (Å²) in [5.41, 5.74) is -0.685. The Hall–Kier alpha value is -1.34. The van der Waals surface area contributed by atoms with E-state index >= 15 is 0 Å². The Morgan fingerprint density at radius 3 is 2.16 bits per heavy atom. The van der Waals surface area contributed by atoms with E-state index in [-0.39, 0.29) is 12.8 Å². The molecule has 0 aromatic carbocycles. The molecule has 1 rings (SSSR count). The Balaban J connectivity index is 2.68. The monoisotopic (exact) mass is 275 g/mol. The van der Waals surface area contributed by atoms with Crippen LogP contribution in [0.4, 0.5) is 4.79 Å². The fourth-order valence-corrected chi connectivity index (χ4v) is 2.05. The van der Waals surface area contributed by atoms with Crippen LogP contribution >= 0.6 is 0 Å². The number of alkyl carbamates (subject to hydrolysis) is 1. The average molecular weight is 275 g/mol. The van der Waals surface area contributed by atoms with Crippen molar-refractivity contribution in [2.24, 2.45) is 5.92 Å². The summed E-state index contributed by atoms with van der Waals surface area (Å²) in [6, 6.07) is -0.759. The molecule has 110 valence electrons. The van der Waals surface area contributed by atoms with Crippen LogP contribution in [0.5, 0.6) is 0 Å². The summed E-state index contributed by atoms with van der Waals surface area (Å²) in [5, 5.41) is 30.6. The lowest BCUT2D eigenvalue weighted by molar-refractivity contribution is -0.147. The van der Waals surface area contributed by atoms with E-state index in [4.69, 9.17) is 9.84 Å². The molecule has 0 bridgehead atoms. The van der Waals surface area contributed by atoms with Crippen LogP contribution in [0.2, 0.25) is 0 Å². The van der Waals surface area contributed by atoms with Crippen molar-refractivity contribution in [3.05, 3.63) is 0 Å².